The molecule has 0 fully saturated rings. The number of hydrogen-bond donors (Lipinski definition) is 3. The summed E-state index contributed by atoms with van der Waals surface area (Å²) in [5.74, 6) is 1.31. The van der Waals surface area contributed by atoms with Gasteiger partial charge in [0.25, 0.3) is 0 Å². The number of nitrogens with one attached hydrogen (secondary N) is 3. The van der Waals surface area contributed by atoms with Crippen LogP contribution in [0.4, 0.5) is 5.69 Å². The van der Waals surface area contributed by atoms with Gasteiger partial charge in [-0.1, -0.05) is 32.0 Å². The van der Waals surface area contributed by atoms with Gasteiger partial charge in [0.05, 0.1) is 6.61 Å². The van der Waals surface area contributed by atoms with Crippen molar-refractivity contribution in [1.29, 1.82) is 0 Å². The molecule has 1 aromatic rings. The van der Waals surface area contributed by atoms with Crippen LogP contribution in [0.25, 0.3) is 0 Å². The van der Waals surface area contributed by atoms with E-state index < -0.39 is 0 Å². The van der Waals surface area contributed by atoms with Crippen LogP contribution in [0.2, 0.25) is 0 Å². The zero-order chi connectivity index (χ0) is 16.2. The van der Waals surface area contributed by atoms with Crippen LogP contribution in [0.5, 0.6) is 0 Å². The minimum absolute atomic E-state index is 0. The lowest BCUT2D eigenvalue weighted by Gasteiger charge is -2.25. The van der Waals surface area contributed by atoms with Gasteiger partial charge in [-0.2, -0.15) is 0 Å². The molecule has 6 heteroatoms. The first-order chi connectivity index (χ1) is 10.7. The molecule has 0 saturated heterocycles. The summed E-state index contributed by atoms with van der Waals surface area (Å²) in [6, 6.07) is 10.6. The summed E-state index contributed by atoms with van der Waals surface area (Å²) in [5.41, 5.74) is 1.14. The summed E-state index contributed by atoms with van der Waals surface area (Å²) in [6.45, 7) is 9.42. The minimum atomic E-state index is 0. The SMILES string of the molecule is CCOCCNC(=NC)NCC(Nc1ccccc1)C(C)C.I. The number of anilines is 1. The van der Waals surface area contributed by atoms with Crippen molar-refractivity contribution in [2.75, 3.05) is 38.7 Å². The predicted molar refractivity (Wildman–Crippen MR) is 110 cm³/mol. The molecule has 0 aliphatic heterocycles. The number of benzene rings is 1. The van der Waals surface area contributed by atoms with Crippen LogP contribution in [-0.4, -0.2) is 45.4 Å². The van der Waals surface area contributed by atoms with Crippen LogP contribution in [-0.2, 0) is 4.74 Å². The van der Waals surface area contributed by atoms with E-state index in [2.05, 4.69) is 46.9 Å². The molecule has 0 heterocycles. The first kappa shape index (κ1) is 22.0. The van der Waals surface area contributed by atoms with Crippen LogP contribution < -0.4 is 16.0 Å². The molecule has 0 bridgehead atoms. The molecule has 23 heavy (non-hydrogen) atoms. The normalized spacial score (nSPS) is 12.5. The van der Waals surface area contributed by atoms with Crippen LogP contribution in [0, 0.1) is 5.92 Å². The Kier molecular flexibility index (Phi) is 12.8. The fourth-order valence-corrected chi connectivity index (χ4v) is 2.02. The molecule has 0 aromatic heterocycles. The maximum atomic E-state index is 5.31. The molecule has 3 N–H and O–H groups in total. The van der Waals surface area contributed by atoms with Gasteiger partial charge >= 0.3 is 0 Å². The third-order valence-electron chi connectivity index (χ3n) is 3.39. The third-order valence-corrected chi connectivity index (χ3v) is 3.39. The van der Waals surface area contributed by atoms with E-state index >= 15 is 0 Å². The molecule has 1 atom stereocenters. The van der Waals surface area contributed by atoms with Crippen LogP contribution in [0.1, 0.15) is 20.8 Å². The van der Waals surface area contributed by atoms with Crippen molar-refractivity contribution in [2.24, 2.45) is 10.9 Å². The quantitative estimate of drug-likeness (QED) is 0.242. The largest absolute Gasteiger partial charge is 0.380 e. The smallest absolute Gasteiger partial charge is 0.191 e. The summed E-state index contributed by atoms with van der Waals surface area (Å²) in [4.78, 5) is 4.24. The Morgan fingerprint density at radius 1 is 1.17 bits per heavy atom. The van der Waals surface area contributed by atoms with Gasteiger partial charge in [0.1, 0.15) is 0 Å². The number of para-hydroxylation sites is 1. The topological polar surface area (TPSA) is 57.7 Å². The Hall–Kier alpha value is -1.02. The van der Waals surface area contributed by atoms with E-state index in [1.54, 1.807) is 7.05 Å². The molecule has 0 radical (unpaired) electrons. The van der Waals surface area contributed by atoms with E-state index in [4.69, 9.17) is 4.74 Å². The van der Waals surface area contributed by atoms with Crippen molar-refractivity contribution in [3.05, 3.63) is 30.3 Å². The Bertz CT molecular complexity index is 426. The molecule has 1 rings (SSSR count). The van der Waals surface area contributed by atoms with E-state index in [1.165, 1.54) is 0 Å². The van der Waals surface area contributed by atoms with Gasteiger partial charge in [0, 0.05) is 38.5 Å². The van der Waals surface area contributed by atoms with E-state index in [-0.39, 0.29) is 24.0 Å². The van der Waals surface area contributed by atoms with Gasteiger partial charge in [-0.3, -0.25) is 4.99 Å². The second-order valence-corrected chi connectivity index (χ2v) is 5.44. The van der Waals surface area contributed by atoms with Crippen molar-refractivity contribution in [1.82, 2.24) is 10.6 Å². The number of rotatable bonds is 9. The molecule has 1 unspecified atom stereocenters. The fraction of sp³-hybridized carbons (Fsp3) is 0.588. The second-order valence-electron chi connectivity index (χ2n) is 5.44. The van der Waals surface area contributed by atoms with Crippen LogP contribution in [0.3, 0.4) is 0 Å². The summed E-state index contributed by atoms with van der Waals surface area (Å²) < 4.78 is 5.31. The number of guanidine groups is 1. The zero-order valence-corrected chi connectivity index (χ0v) is 17.0. The van der Waals surface area contributed by atoms with Crippen LogP contribution in [0.15, 0.2) is 35.3 Å². The summed E-state index contributed by atoms with van der Waals surface area (Å²) in [7, 11) is 1.78. The van der Waals surface area contributed by atoms with Crippen molar-refractivity contribution < 1.29 is 4.74 Å². The summed E-state index contributed by atoms with van der Waals surface area (Å²) >= 11 is 0. The number of aliphatic imine (C=N–C) groups is 1. The zero-order valence-electron chi connectivity index (χ0n) is 14.6. The molecule has 1 aromatic carbocycles. The predicted octanol–water partition coefficient (Wildman–Crippen LogP) is 2.94. The highest BCUT2D eigenvalue weighted by Crippen LogP contribution is 2.11. The molecule has 0 aliphatic carbocycles. The Balaban J connectivity index is 0.00000484. The molecule has 132 valence electrons. The summed E-state index contributed by atoms with van der Waals surface area (Å²) in [6.07, 6.45) is 0. The molecular formula is C17H31IN4O. The van der Waals surface area contributed by atoms with Gasteiger partial charge in [0.2, 0.25) is 0 Å². The molecule has 5 nitrogen and oxygen atoms in total. The van der Waals surface area contributed by atoms with Crippen molar-refractivity contribution in [2.45, 2.75) is 26.8 Å². The summed E-state index contributed by atoms with van der Waals surface area (Å²) in [5, 5.41) is 10.2. The average Bonchev–Trinajstić information content (AvgIpc) is 2.53. The van der Waals surface area contributed by atoms with Crippen molar-refractivity contribution >= 4 is 35.6 Å². The minimum Gasteiger partial charge on any atom is -0.380 e. The molecule has 0 amide bonds. The molecule has 0 saturated carbocycles. The van der Waals surface area contributed by atoms with Gasteiger partial charge in [-0.15, -0.1) is 24.0 Å². The van der Waals surface area contributed by atoms with Crippen molar-refractivity contribution in [3.8, 4) is 0 Å². The average molecular weight is 434 g/mol. The fourth-order valence-electron chi connectivity index (χ4n) is 2.02. The number of nitrogens with zero attached hydrogens (tertiary/aromatic N) is 1. The Labute approximate surface area is 157 Å². The first-order valence-electron chi connectivity index (χ1n) is 8.01. The second kappa shape index (κ2) is 13.4. The molecular weight excluding hydrogens is 403 g/mol. The van der Waals surface area contributed by atoms with Gasteiger partial charge in [0.15, 0.2) is 5.96 Å². The Morgan fingerprint density at radius 2 is 1.87 bits per heavy atom. The highest BCUT2D eigenvalue weighted by molar-refractivity contribution is 14.0. The van der Waals surface area contributed by atoms with E-state index in [0.717, 1.165) is 31.3 Å². The standard InChI is InChI=1S/C17H30N4O.HI/c1-5-22-12-11-19-17(18-4)20-13-16(14(2)3)21-15-9-7-6-8-10-15;/h6-10,14,16,21H,5,11-13H2,1-4H3,(H2,18,19,20);1H. The number of halogens is 1. The lowest BCUT2D eigenvalue weighted by Crippen LogP contribution is -2.45. The van der Waals surface area contributed by atoms with E-state index in [1.807, 2.05) is 25.1 Å². The van der Waals surface area contributed by atoms with Crippen molar-refractivity contribution in [3.63, 3.8) is 0 Å². The third kappa shape index (κ3) is 9.65. The monoisotopic (exact) mass is 434 g/mol. The van der Waals surface area contributed by atoms with Crippen LogP contribution >= 0.6 is 24.0 Å². The van der Waals surface area contributed by atoms with Gasteiger partial charge in [-0.25, -0.2) is 0 Å². The number of ether oxygens (including phenoxy) is 1. The maximum Gasteiger partial charge on any atom is 0.191 e. The first-order valence-corrected chi connectivity index (χ1v) is 8.01. The highest BCUT2D eigenvalue weighted by atomic mass is 127. The number of hydrogen-bond acceptors (Lipinski definition) is 3. The lowest BCUT2D eigenvalue weighted by atomic mass is 10.0. The maximum absolute atomic E-state index is 5.31. The molecule has 0 aliphatic rings. The molecule has 0 spiro atoms. The Morgan fingerprint density at radius 3 is 2.43 bits per heavy atom. The van der Waals surface area contributed by atoms with Gasteiger partial charge in [-0.05, 0) is 25.0 Å². The van der Waals surface area contributed by atoms with E-state index in [0.29, 0.717) is 18.6 Å². The lowest BCUT2D eigenvalue weighted by molar-refractivity contribution is 0.152. The van der Waals surface area contributed by atoms with Gasteiger partial charge < -0.3 is 20.7 Å². The van der Waals surface area contributed by atoms with E-state index in [9.17, 15) is 0 Å². The highest BCUT2D eigenvalue weighted by Gasteiger charge is 2.13.